The van der Waals surface area contributed by atoms with Gasteiger partial charge in [-0.1, -0.05) is 12.2 Å². The van der Waals surface area contributed by atoms with Gasteiger partial charge in [-0.15, -0.1) is 11.8 Å². The van der Waals surface area contributed by atoms with Gasteiger partial charge < -0.3 is 14.6 Å². The minimum atomic E-state index is -4.48. The second-order valence-corrected chi connectivity index (χ2v) is 7.56. The summed E-state index contributed by atoms with van der Waals surface area (Å²) in [5, 5.41) is 11.4. The molecule has 8 heteroatoms. The number of thioether (sulfide) groups is 1. The van der Waals surface area contributed by atoms with Gasteiger partial charge in [0.15, 0.2) is 6.29 Å². The lowest BCUT2D eigenvalue weighted by Crippen LogP contribution is -2.40. The fraction of sp³-hybridized carbons (Fsp3) is 0.333. The molecule has 2 N–H and O–H groups in total. The molecule has 0 aromatic heterocycles. The molecule has 1 aromatic rings. The summed E-state index contributed by atoms with van der Waals surface area (Å²) in [6.07, 6.45) is 1.72. The Kier molecular flexibility index (Phi) is 5.09. The third kappa shape index (κ3) is 3.92. The number of fused-ring (bicyclic) bond motifs is 1. The fourth-order valence-corrected chi connectivity index (χ4v) is 4.19. The lowest BCUT2D eigenvalue weighted by molar-refractivity contribution is -0.0999. The highest BCUT2D eigenvalue weighted by Crippen LogP contribution is 2.51. The lowest BCUT2D eigenvalue weighted by Gasteiger charge is -2.35. The second kappa shape index (κ2) is 7.02. The molecule has 0 saturated carbocycles. The van der Waals surface area contributed by atoms with Crippen LogP contribution in [-0.4, -0.2) is 35.7 Å². The van der Waals surface area contributed by atoms with Gasteiger partial charge in [0.1, 0.15) is 11.9 Å². The van der Waals surface area contributed by atoms with E-state index >= 15 is 0 Å². The number of hydrogen-bond donors (Lipinski definition) is 2. The number of halogens is 3. The molecule has 1 heterocycles. The highest BCUT2D eigenvalue weighted by atomic mass is 32.2. The van der Waals surface area contributed by atoms with Crippen molar-refractivity contribution >= 4 is 17.4 Å². The van der Waals surface area contributed by atoms with Crippen LogP contribution in [0.4, 0.5) is 18.9 Å². The summed E-state index contributed by atoms with van der Waals surface area (Å²) < 4.78 is 47.5. The molecule has 2 aliphatic rings. The normalized spacial score (nSPS) is 26.0. The number of aliphatic hydroxyl groups is 1. The zero-order valence-electron chi connectivity index (χ0n) is 14.1. The van der Waals surface area contributed by atoms with E-state index in [0.717, 1.165) is 5.57 Å². The summed E-state index contributed by atoms with van der Waals surface area (Å²) in [6.45, 7) is 1.99. The average Bonchev–Trinajstić information content (AvgIpc) is 2.93. The molecule has 0 bridgehead atoms. The van der Waals surface area contributed by atoms with E-state index in [0.29, 0.717) is 10.7 Å². The van der Waals surface area contributed by atoms with E-state index < -0.39 is 17.3 Å². The van der Waals surface area contributed by atoms with Crippen LogP contribution in [0.2, 0.25) is 0 Å². The maximum absolute atomic E-state index is 12.3. The average molecular weight is 385 g/mol. The first-order valence-electron chi connectivity index (χ1n) is 7.83. The van der Waals surface area contributed by atoms with Crippen LogP contribution in [-0.2, 0) is 4.74 Å². The number of alkyl halides is 3. The molecule has 0 fully saturated rings. The van der Waals surface area contributed by atoms with Crippen LogP contribution in [0.25, 0.3) is 0 Å². The number of rotatable bonds is 5. The van der Waals surface area contributed by atoms with Crippen molar-refractivity contribution in [3.05, 3.63) is 59.0 Å². The first-order valence-corrected chi connectivity index (χ1v) is 8.65. The molecule has 3 unspecified atom stereocenters. The Morgan fingerprint density at radius 1 is 1.27 bits per heavy atom. The predicted octanol–water partition coefficient (Wildman–Crippen LogP) is 4.22. The highest BCUT2D eigenvalue weighted by molar-refractivity contribution is 8.05. The zero-order chi connectivity index (χ0) is 18.9. The Balaban J connectivity index is 1.73. The van der Waals surface area contributed by atoms with Crippen LogP contribution in [0.1, 0.15) is 6.92 Å². The number of allylic oxidation sites excluding steroid dienone is 3. The predicted molar refractivity (Wildman–Crippen MR) is 94.9 cm³/mol. The largest absolute Gasteiger partial charge is 0.485 e. The van der Waals surface area contributed by atoms with Crippen molar-refractivity contribution in [3.63, 3.8) is 0 Å². The lowest BCUT2D eigenvalue weighted by atomic mass is 9.89. The topological polar surface area (TPSA) is 50.7 Å². The summed E-state index contributed by atoms with van der Waals surface area (Å²) in [5.41, 5.74) is 0.926. The minimum absolute atomic E-state index is 0.0572. The van der Waals surface area contributed by atoms with Crippen molar-refractivity contribution in [2.45, 2.75) is 30.4 Å². The van der Waals surface area contributed by atoms with Crippen molar-refractivity contribution < 1.29 is 27.8 Å². The van der Waals surface area contributed by atoms with Crippen LogP contribution in [0.5, 0.6) is 5.75 Å². The van der Waals surface area contributed by atoms with Crippen LogP contribution >= 0.6 is 11.8 Å². The van der Waals surface area contributed by atoms with E-state index in [4.69, 9.17) is 9.47 Å². The number of methoxy groups -OCH3 is 1. The molecule has 3 atom stereocenters. The first kappa shape index (κ1) is 18.9. The minimum Gasteiger partial charge on any atom is -0.485 e. The van der Waals surface area contributed by atoms with Crippen molar-refractivity contribution in [3.8, 4) is 5.75 Å². The van der Waals surface area contributed by atoms with Crippen molar-refractivity contribution in [1.82, 2.24) is 0 Å². The molecular weight excluding hydrogens is 367 g/mol. The van der Waals surface area contributed by atoms with Crippen LogP contribution in [0, 0.1) is 0 Å². The quantitative estimate of drug-likeness (QED) is 0.587. The third-order valence-electron chi connectivity index (χ3n) is 4.18. The van der Waals surface area contributed by atoms with E-state index in [-0.39, 0.29) is 11.8 Å². The number of hydrogen-bond acceptors (Lipinski definition) is 5. The van der Waals surface area contributed by atoms with Gasteiger partial charge in [0.2, 0.25) is 0 Å². The van der Waals surface area contributed by atoms with Crippen molar-refractivity contribution in [2.24, 2.45) is 0 Å². The summed E-state index contributed by atoms with van der Waals surface area (Å²) in [6, 6.07) is 5.60. The molecule has 1 aliphatic heterocycles. The molecule has 0 amide bonds. The Labute approximate surface area is 153 Å². The van der Waals surface area contributed by atoms with Crippen molar-refractivity contribution in [1.29, 1.82) is 0 Å². The van der Waals surface area contributed by atoms with Gasteiger partial charge in [0.05, 0.1) is 4.75 Å². The smallest absolute Gasteiger partial charge is 0.482 e. The van der Waals surface area contributed by atoms with E-state index in [1.165, 1.54) is 48.5 Å². The maximum Gasteiger partial charge on any atom is 0.482 e. The number of benzene rings is 1. The van der Waals surface area contributed by atoms with Crippen LogP contribution < -0.4 is 10.1 Å². The molecule has 0 saturated heterocycles. The summed E-state index contributed by atoms with van der Waals surface area (Å²) in [4.78, 5) is 0.684. The standard InChI is InChI=1S/C18H18F3NO3S/c1-17-11(10-14(26-17)16(23)24-2)4-3-5-15(17)25-13-8-6-12(7-9-13)22-18(19,20)21/h3-10,15-16,22-23H,1-2H3. The zero-order valence-corrected chi connectivity index (χ0v) is 14.9. The number of ether oxygens (including phenoxy) is 2. The van der Waals surface area contributed by atoms with Gasteiger partial charge in [-0.2, -0.15) is 13.2 Å². The van der Waals surface area contributed by atoms with Crippen LogP contribution in [0.3, 0.4) is 0 Å². The Hall–Kier alpha value is -1.90. The van der Waals surface area contributed by atoms with Gasteiger partial charge in [-0.25, -0.2) is 0 Å². The second-order valence-electron chi connectivity index (χ2n) is 6.04. The Bertz CT molecular complexity index is 758. The molecule has 0 spiro atoms. The Morgan fingerprint density at radius 3 is 2.58 bits per heavy atom. The van der Waals surface area contributed by atoms with Crippen LogP contribution in [0.15, 0.2) is 59.0 Å². The molecule has 4 nitrogen and oxygen atoms in total. The van der Waals surface area contributed by atoms with Gasteiger partial charge in [0, 0.05) is 17.7 Å². The number of aliphatic hydroxyl groups excluding tert-OH is 1. The van der Waals surface area contributed by atoms with E-state index in [2.05, 4.69) is 0 Å². The molecule has 1 aliphatic carbocycles. The van der Waals surface area contributed by atoms with Gasteiger partial charge in [-0.05, 0) is 48.9 Å². The van der Waals surface area contributed by atoms with E-state index in [1.807, 2.05) is 31.2 Å². The molecule has 0 radical (unpaired) electrons. The summed E-state index contributed by atoms with van der Waals surface area (Å²) in [5.74, 6) is 0.455. The molecule has 1 aromatic carbocycles. The monoisotopic (exact) mass is 385 g/mol. The third-order valence-corrected chi connectivity index (χ3v) is 5.62. The van der Waals surface area contributed by atoms with Gasteiger partial charge in [-0.3, -0.25) is 5.32 Å². The van der Waals surface area contributed by atoms with Crippen molar-refractivity contribution in [2.75, 3.05) is 12.4 Å². The summed E-state index contributed by atoms with van der Waals surface area (Å²) >= 11 is 1.45. The SMILES string of the molecule is COC(O)C1=CC2=CC=CC(Oc3ccc(NC(F)(F)F)cc3)C2(C)S1. The fourth-order valence-electron chi connectivity index (χ4n) is 2.83. The summed E-state index contributed by atoms with van der Waals surface area (Å²) in [7, 11) is 1.42. The number of anilines is 1. The molecule has 26 heavy (non-hydrogen) atoms. The van der Waals surface area contributed by atoms with Gasteiger partial charge in [0.25, 0.3) is 0 Å². The highest BCUT2D eigenvalue weighted by Gasteiger charge is 2.45. The van der Waals surface area contributed by atoms with E-state index in [9.17, 15) is 18.3 Å². The maximum atomic E-state index is 12.3. The first-order chi connectivity index (χ1) is 12.2. The number of nitrogens with one attached hydrogen (secondary N) is 1. The Morgan fingerprint density at radius 2 is 1.96 bits per heavy atom. The molecular formula is C18H18F3NO3S. The van der Waals surface area contributed by atoms with E-state index in [1.54, 1.807) is 0 Å². The molecule has 3 rings (SSSR count). The van der Waals surface area contributed by atoms with Gasteiger partial charge >= 0.3 is 6.30 Å². The molecule has 140 valence electrons.